The van der Waals surface area contributed by atoms with Crippen LogP contribution in [0, 0.1) is 0 Å². The molecular formula is C19H27F3N4. The minimum absolute atomic E-state index is 0.398. The van der Waals surface area contributed by atoms with Gasteiger partial charge in [-0.25, -0.2) is 5.43 Å². The van der Waals surface area contributed by atoms with Crippen LogP contribution < -0.4 is 11.2 Å². The number of halogens is 3. The summed E-state index contributed by atoms with van der Waals surface area (Å²) in [4.78, 5) is 2.31. The largest absolute Gasteiger partial charge is 0.416 e. The van der Waals surface area contributed by atoms with E-state index < -0.39 is 11.7 Å². The van der Waals surface area contributed by atoms with Gasteiger partial charge in [0.05, 0.1) is 12.1 Å². The Labute approximate surface area is 153 Å². The van der Waals surface area contributed by atoms with Gasteiger partial charge in [0.1, 0.15) is 0 Å². The second kappa shape index (κ2) is 9.21. The highest BCUT2D eigenvalue weighted by molar-refractivity contribution is 5.70. The molecule has 1 aromatic carbocycles. The molecule has 0 bridgehead atoms. The molecule has 3 N–H and O–H groups in total. The molecule has 26 heavy (non-hydrogen) atoms. The van der Waals surface area contributed by atoms with Crippen molar-refractivity contribution >= 4 is 5.57 Å². The molecule has 0 fully saturated rings. The molecule has 144 valence electrons. The third-order valence-electron chi connectivity index (χ3n) is 4.57. The highest BCUT2D eigenvalue weighted by atomic mass is 19.4. The number of nitrogens with two attached hydrogens (primary N) is 1. The molecule has 1 aliphatic rings. The van der Waals surface area contributed by atoms with Crippen molar-refractivity contribution in [2.24, 2.45) is 5.73 Å². The fourth-order valence-corrected chi connectivity index (χ4v) is 2.89. The van der Waals surface area contributed by atoms with Gasteiger partial charge in [-0.2, -0.15) is 13.2 Å². The number of hydrazine groups is 1. The van der Waals surface area contributed by atoms with Crippen LogP contribution >= 0.6 is 0 Å². The summed E-state index contributed by atoms with van der Waals surface area (Å²) in [6.07, 6.45) is -0.474. The van der Waals surface area contributed by atoms with Crippen molar-refractivity contribution in [3.8, 4) is 0 Å². The van der Waals surface area contributed by atoms with Crippen molar-refractivity contribution in [3.63, 3.8) is 0 Å². The van der Waals surface area contributed by atoms with Gasteiger partial charge in [-0.3, -0.25) is 0 Å². The number of nitrogens with zero attached hydrogens (tertiary/aromatic N) is 2. The van der Waals surface area contributed by atoms with E-state index in [1.807, 2.05) is 17.2 Å². The molecule has 0 amide bonds. The molecule has 0 spiro atoms. The van der Waals surface area contributed by atoms with Gasteiger partial charge < -0.3 is 15.6 Å². The normalized spacial score (nSPS) is 15.3. The van der Waals surface area contributed by atoms with Crippen molar-refractivity contribution in [2.75, 3.05) is 39.3 Å². The Kier molecular flexibility index (Phi) is 7.25. The molecule has 0 saturated heterocycles. The summed E-state index contributed by atoms with van der Waals surface area (Å²) >= 11 is 0. The summed E-state index contributed by atoms with van der Waals surface area (Å²) in [6.45, 7) is 8.90. The lowest BCUT2D eigenvalue weighted by atomic mass is 10.0. The smallest absolute Gasteiger partial charge is 0.325 e. The van der Waals surface area contributed by atoms with E-state index in [-0.39, 0.29) is 0 Å². The van der Waals surface area contributed by atoms with Crippen molar-refractivity contribution in [2.45, 2.75) is 20.0 Å². The first-order valence-corrected chi connectivity index (χ1v) is 8.89. The zero-order valence-electron chi connectivity index (χ0n) is 15.3. The fraction of sp³-hybridized carbons (Fsp3) is 0.474. The quantitative estimate of drug-likeness (QED) is 0.740. The Bertz CT molecular complexity index is 631. The van der Waals surface area contributed by atoms with E-state index in [0.29, 0.717) is 13.1 Å². The highest BCUT2D eigenvalue weighted by Crippen LogP contribution is 2.30. The second-order valence-electron chi connectivity index (χ2n) is 6.15. The average Bonchev–Trinajstić information content (AvgIpc) is 2.64. The van der Waals surface area contributed by atoms with Crippen LogP contribution in [0.2, 0.25) is 0 Å². The third kappa shape index (κ3) is 5.33. The van der Waals surface area contributed by atoms with Crippen LogP contribution in [0.15, 0.2) is 42.1 Å². The monoisotopic (exact) mass is 368 g/mol. The maximum Gasteiger partial charge on any atom is 0.416 e. The van der Waals surface area contributed by atoms with E-state index in [1.54, 1.807) is 0 Å². The minimum Gasteiger partial charge on any atom is -0.325 e. The summed E-state index contributed by atoms with van der Waals surface area (Å²) in [5.41, 5.74) is 11.2. The zero-order chi connectivity index (χ0) is 19.2. The van der Waals surface area contributed by atoms with Crippen LogP contribution in [0.25, 0.3) is 5.57 Å². The van der Waals surface area contributed by atoms with E-state index in [0.717, 1.165) is 55.1 Å². The van der Waals surface area contributed by atoms with Gasteiger partial charge in [-0.1, -0.05) is 32.1 Å². The number of benzene rings is 1. The number of likely N-dealkylation sites (N-methyl/N-ethyl adjacent to an activating group) is 1. The molecular weight excluding hydrogens is 341 g/mol. The van der Waals surface area contributed by atoms with Gasteiger partial charge in [0.15, 0.2) is 0 Å². The first-order valence-electron chi connectivity index (χ1n) is 8.89. The Morgan fingerprint density at radius 1 is 1.12 bits per heavy atom. The maximum atomic E-state index is 12.7. The van der Waals surface area contributed by atoms with Gasteiger partial charge in [-0.15, -0.1) is 0 Å². The fourth-order valence-electron chi connectivity index (χ4n) is 2.89. The van der Waals surface area contributed by atoms with Crippen LogP contribution in [0.4, 0.5) is 13.2 Å². The van der Waals surface area contributed by atoms with Gasteiger partial charge in [0.2, 0.25) is 0 Å². The second-order valence-corrected chi connectivity index (χ2v) is 6.15. The van der Waals surface area contributed by atoms with Crippen molar-refractivity contribution in [1.29, 1.82) is 0 Å². The zero-order valence-corrected chi connectivity index (χ0v) is 15.3. The lowest BCUT2D eigenvalue weighted by Gasteiger charge is -2.32. The molecule has 0 unspecified atom stereocenters. The molecule has 0 saturated carbocycles. The number of nitrogens with one attached hydrogen (secondary N) is 1. The van der Waals surface area contributed by atoms with Gasteiger partial charge in [0.25, 0.3) is 0 Å². The number of hydrogen-bond donors (Lipinski definition) is 2. The Morgan fingerprint density at radius 3 is 2.31 bits per heavy atom. The van der Waals surface area contributed by atoms with Gasteiger partial charge in [-0.05, 0) is 42.4 Å². The number of allylic oxidation sites excluding steroid dienone is 2. The van der Waals surface area contributed by atoms with E-state index in [1.165, 1.54) is 12.1 Å². The Morgan fingerprint density at radius 2 is 1.77 bits per heavy atom. The van der Waals surface area contributed by atoms with Crippen LogP contribution in [0.5, 0.6) is 0 Å². The molecule has 2 rings (SSSR count). The topological polar surface area (TPSA) is 44.5 Å². The summed E-state index contributed by atoms with van der Waals surface area (Å²) in [5, 5.41) is 1.98. The predicted molar refractivity (Wildman–Crippen MR) is 99.1 cm³/mol. The molecule has 0 atom stereocenters. The molecule has 0 radical (unpaired) electrons. The number of hydrogen-bond acceptors (Lipinski definition) is 4. The first-order chi connectivity index (χ1) is 12.4. The number of alkyl halides is 3. The molecule has 0 aromatic heterocycles. The Hall–Kier alpha value is -1.83. The lowest BCUT2D eigenvalue weighted by Crippen LogP contribution is -2.45. The number of rotatable bonds is 8. The standard InChI is InChI=1S/C19H27F3N4/c1-3-25(4-2)12-11-24-26-14-16(7-10-18(26)13-23)15-5-8-17(9-6-15)19(20,21)22/h5-10,24H,3-4,11-14,23H2,1-2H3. The molecule has 0 aliphatic carbocycles. The average molecular weight is 368 g/mol. The third-order valence-corrected chi connectivity index (χ3v) is 4.57. The van der Waals surface area contributed by atoms with Crippen LogP contribution in [-0.4, -0.2) is 49.2 Å². The highest BCUT2D eigenvalue weighted by Gasteiger charge is 2.30. The van der Waals surface area contributed by atoms with Crippen LogP contribution in [0.3, 0.4) is 0 Å². The molecule has 1 aromatic rings. The van der Waals surface area contributed by atoms with Crippen LogP contribution in [-0.2, 0) is 6.18 Å². The van der Waals surface area contributed by atoms with Crippen molar-refractivity contribution < 1.29 is 13.2 Å². The SMILES string of the molecule is CCN(CC)CCNN1CC(c2ccc(C(F)(F)F)cc2)=CC=C1CN. The van der Waals surface area contributed by atoms with Gasteiger partial charge in [0, 0.05) is 25.3 Å². The van der Waals surface area contributed by atoms with Crippen LogP contribution in [0.1, 0.15) is 25.0 Å². The van der Waals surface area contributed by atoms with Gasteiger partial charge >= 0.3 is 6.18 Å². The molecule has 7 heteroatoms. The predicted octanol–water partition coefficient (Wildman–Crippen LogP) is 3.09. The van der Waals surface area contributed by atoms with Crippen molar-refractivity contribution in [3.05, 3.63) is 53.2 Å². The first kappa shape index (κ1) is 20.5. The summed E-state index contributed by atoms with van der Waals surface area (Å²) in [7, 11) is 0. The Balaban J connectivity index is 2.05. The molecule has 1 heterocycles. The molecule has 4 nitrogen and oxygen atoms in total. The maximum absolute atomic E-state index is 12.7. The summed E-state index contributed by atoms with van der Waals surface area (Å²) in [6, 6.07) is 5.28. The minimum atomic E-state index is -4.32. The van der Waals surface area contributed by atoms with E-state index >= 15 is 0 Å². The summed E-state index contributed by atoms with van der Waals surface area (Å²) < 4.78 is 38.2. The lowest BCUT2D eigenvalue weighted by molar-refractivity contribution is -0.137. The van der Waals surface area contributed by atoms with Crippen molar-refractivity contribution in [1.82, 2.24) is 15.3 Å². The van der Waals surface area contributed by atoms with E-state index in [9.17, 15) is 13.2 Å². The summed E-state index contributed by atoms with van der Waals surface area (Å²) in [5.74, 6) is 0. The molecule has 1 aliphatic heterocycles. The van der Waals surface area contributed by atoms with E-state index in [2.05, 4.69) is 24.2 Å². The van der Waals surface area contributed by atoms with E-state index in [4.69, 9.17) is 5.73 Å².